The Hall–Kier alpha value is -2.04. The summed E-state index contributed by atoms with van der Waals surface area (Å²) in [4.78, 5) is 23.1. The van der Waals surface area contributed by atoms with E-state index in [9.17, 15) is 9.59 Å². The van der Waals surface area contributed by atoms with Crippen molar-refractivity contribution in [1.29, 1.82) is 0 Å². The lowest BCUT2D eigenvalue weighted by atomic mass is 10.1. The number of imide groups is 1. The van der Waals surface area contributed by atoms with Crippen molar-refractivity contribution in [3.05, 3.63) is 29.3 Å². The zero-order chi connectivity index (χ0) is 14.4. The van der Waals surface area contributed by atoms with Gasteiger partial charge in [-0.15, -0.1) is 0 Å². The molecule has 0 aliphatic carbocycles. The monoisotopic (exact) mass is 263 g/mol. The van der Waals surface area contributed by atoms with Gasteiger partial charge in [-0.25, -0.2) is 4.79 Å². The minimum atomic E-state index is -0.483. The summed E-state index contributed by atoms with van der Waals surface area (Å²) in [7, 11) is 0. The Balaban J connectivity index is 2.63. The molecule has 0 heterocycles. The number of anilines is 1. The first kappa shape index (κ1) is 15.0. The molecule has 0 fully saturated rings. The summed E-state index contributed by atoms with van der Waals surface area (Å²) in [6, 6.07) is 5.03. The van der Waals surface area contributed by atoms with Gasteiger partial charge in [0.1, 0.15) is 6.04 Å². The fourth-order valence-corrected chi connectivity index (χ4v) is 1.62. The lowest BCUT2D eigenvalue weighted by Crippen LogP contribution is -2.45. The SMILES string of the molecule is CCNC(=O)NC(=O)[C@H](C)Nc1cc(C)ccc1C. The molecule has 3 amide bonds. The fourth-order valence-electron chi connectivity index (χ4n) is 1.62. The Kier molecular flexibility index (Phi) is 5.36. The highest BCUT2D eigenvalue weighted by Crippen LogP contribution is 2.17. The molecule has 0 saturated carbocycles. The van der Waals surface area contributed by atoms with Crippen LogP contribution in [0, 0.1) is 13.8 Å². The van der Waals surface area contributed by atoms with E-state index in [1.165, 1.54) is 0 Å². The van der Waals surface area contributed by atoms with Crippen molar-refractivity contribution in [2.45, 2.75) is 33.7 Å². The van der Waals surface area contributed by atoms with E-state index in [1.54, 1.807) is 13.8 Å². The number of benzene rings is 1. The highest BCUT2D eigenvalue weighted by molar-refractivity contribution is 5.98. The van der Waals surface area contributed by atoms with Crippen LogP contribution in [0.25, 0.3) is 0 Å². The van der Waals surface area contributed by atoms with Crippen molar-refractivity contribution in [3.8, 4) is 0 Å². The summed E-state index contributed by atoms with van der Waals surface area (Å²) >= 11 is 0. The van der Waals surface area contributed by atoms with E-state index in [4.69, 9.17) is 0 Å². The van der Waals surface area contributed by atoms with E-state index in [-0.39, 0.29) is 5.91 Å². The molecule has 0 aromatic heterocycles. The molecule has 19 heavy (non-hydrogen) atoms. The van der Waals surface area contributed by atoms with Crippen LogP contribution in [0.3, 0.4) is 0 Å². The third-order valence-corrected chi connectivity index (χ3v) is 2.73. The van der Waals surface area contributed by atoms with Gasteiger partial charge in [-0.2, -0.15) is 0 Å². The van der Waals surface area contributed by atoms with Crippen LogP contribution in [-0.4, -0.2) is 24.5 Å². The van der Waals surface area contributed by atoms with Crippen LogP contribution in [-0.2, 0) is 4.79 Å². The Labute approximate surface area is 113 Å². The van der Waals surface area contributed by atoms with Crippen molar-refractivity contribution in [2.24, 2.45) is 0 Å². The molecule has 0 aliphatic rings. The van der Waals surface area contributed by atoms with Crippen LogP contribution in [0.5, 0.6) is 0 Å². The van der Waals surface area contributed by atoms with Crippen LogP contribution in [0.2, 0.25) is 0 Å². The molecule has 1 aromatic rings. The third-order valence-electron chi connectivity index (χ3n) is 2.73. The largest absolute Gasteiger partial charge is 0.374 e. The predicted octanol–water partition coefficient (Wildman–Crippen LogP) is 1.95. The number of urea groups is 1. The van der Waals surface area contributed by atoms with Crippen LogP contribution in [0.4, 0.5) is 10.5 Å². The van der Waals surface area contributed by atoms with E-state index in [2.05, 4.69) is 16.0 Å². The van der Waals surface area contributed by atoms with E-state index >= 15 is 0 Å². The van der Waals surface area contributed by atoms with Crippen LogP contribution in [0.1, 0.15) is 25.0 Å². The van der Waals surface area contributed by atoms with Gasteiger partial charge >= 0.3 is 6.03 Å². The van der Waals surface area contributed by atoms with Gasteiger partial charge in [0.15, 0.2) is 0 Å². The van der Waals surface area contributed by atoms with Gasteiger partial charge in [0.2, 0.25) is 5.91 Å². The first-order valence-corrected chi connectivity index (χ1v) is 6.36. The van der Waals surface area contributed by atoms with Crippen LogP contribution >= 0.6 is 0 Å². The summed E-state index contributed by atoms with van der Waals surface area (Å²) in [6.07, 6.45) is 0. The van der Waals surface area contributed by atoms with E-state index in [0.29, 0.717) is 6.54 Å². The van der Waals surface area contributed by atoms with Gasteiger partial charge in [-0.05, 0) is 44.9 Å². The van der Waals surface area contributed by atoms with Crippen molar-refractivity contribution in [3.63, 3.8) is 0 Å². The summed E-state index contributed by atoms with van der Waals surface area (Å²) in [5.41, 5.74) is 3.08. The van der Waals surface area contributed by atoms with Crippen LogP contribution < -0.4 is 16.0 Å². The fraction of sp³-hybridized carbons (Fsp3) is 0.429. The number of carbonyl (C=O) groups excluding carboxylic acids is 2. The molecule has 0 radical (unpaired) electrons. The van der Waals surface area contributed by atoms with Crippen molar-refractivity contribution >= 4 is 17.6 Å². The molecule has 0 aliphatic heterocycles. The highest BCUT2D eigenvalue weighted by Gasteiger charge is 2.15. The second kappa shape index (κ2) is 6.78. The second-order valence-corrected chi connectivity index (χ2v) is 4.53. The molecule has 0 bridgehead atoms. The summed E-state index contributed by atoms with van der Waals surface area (Å²) in [6.45, 7) is 7.95. The highest BCUT2D eigenvalue weighted by atomic mass is 16.2. The molecular weight excluding hydrogens is 242 g/mol. The molecule has 0 unspecified atom stereocenters. The molecule has 3 N–H and O–H groups in total. The maximum atomic E-state index is 11.8. The normalized spacial score (nSPS) is 11.6. The summed E-state index contributed by atoms with van der Waals surface area (Å²) in [5.74, 6) is -0.355. The standard InChI is InChI=1S/C14H21N3O2/c1-5-15-14(19)17-13(18)11(4)16-12-8-9(2)6-7-10(12)3/h6-8,11,16H,5H2,1-4H3,(H2,15,17,18,19)/t11-/m0/s1. The summed E-state index contributed by atoms with van der Waals surface area (Å²) < 4.78 is 0. The summed E-state index contributed by atoms with van der Waals surface area (Å²) in [5, 5.41) is 7.91. The molecule has 0 spiro atoms. The zero-order valence-corrected chi connectivity index (χ0v) is 11.8. The van der Waals surface area contributed by atoms with Gasteiger partial charge in [0.05, 0.1) is 0 Å². The van der Waals surface area contributed by atoms with E-state index < -0.39 is 12.1 Å². The Morgan fingerprint density at radius 3 is 2.58 bits per heavy atom. The molecule has 5 heteroatoms. The average molecular weight is 263 g/mol. The maximum Gasteiger partial charge on any atom is 0.321 e. The van der Waals surface area contributed by atoms with Gasteiger partial charge in [-0.1, -0.05) is 12.1 Å². The number of nitrogens with one attached hydrogen (secondary N) is 3. The number of hydrogen-bond donors (Lipinski definition) is 3. The molecular formula is C14H21N3O2. The maximum absolute atomic E-state index is 11.8. The first-order valence-electron chi connectivity index (χ1n) is 6.36. The van der Waals surface area contributed by atoms with Crippen molar-refractivity contribution in [2.75, 3.05) is 11.9 Å². The Morgan fingerprint density at radius 1 is 1.26 bits per heavy atom. The molecule has 5 nitrogen and oxygen atoms in total. The van der Waals surface area contributed by atoms with E-state index in [0.717, 1.165) is 16.8 Å². The van der Waals surface area contributed by atoms with Gasteiger partial charge in [0.25, 0.3) is 0 Å². The minimum Gasteiger partial charge on any atom is -0.374 e. The smallest absolute Gasteiger partial charge is 0.321 e. The Morgan fingerprint density at radius 2 is 1.95 bits per heavy atom. The number of rotatable bonds is 4. The first-order chi connectivity index (χ1) is 8.93. The molecule has 1 aromatic carbocycles. The van der Waals surface area contributed by atoms with Crippen LogP contribution in [0.15, 0.2) is 18.2 Å². The number of carbonyl (C=O) groups is 2. The molecule has 104 valence electrons. The zero-order valence-electron chi connectivity index (χ0n) is 11.8. The van der Waals surface area contributed by atoms with E-state index in [1.807, 2.05) is 32.0 Å². The average Bonchev–Trinajstić information content (AvgIpc) is 2.34. The molecule has 0 saturated heterocycles. The third kappa shape index (κ3) is 4.62. The minimum absolute atomic E-state index is 0.355. The number of amides is 3. The predicted molar refractivity (Wildman–Crippen MR) is 76.2 cm³/mol. The van der Waals surface area contributed by atoms with Gasteiger partial charge in [0, 0.05) is 12.2 Å². The Bertz CT molecular complexity index is 472. The lowest BCUT2D eigenvalue weighted by Gasteiger charge is -2.17. The topological polar surface area (TPSA) is 70.2 Å². The molecule has 1 atom stereocenters. The van der Waals surface area contributed by atoms with Gasteiger partial charge < -0.3 is 10.6 Å². The quantitative estimate of drug-likeness (QED) is 0.777. The number of aryl methyl sites for hydroxylation is 2. The van der Waals surface area contributed by atoms with Crippen molar-refractivity contribution in [1.82, 2.24) is 10.6 Å². The van der Waals surface area contributed by atoms with Gasteiger partial charge in [-0.3, -0.25) is 10.1 Å². The van der Waals surface area contributed by atoms with Crippen molar-refractivity contribution < 1.29 is 9.59 Å². The second-order valence-electron chi connectivity index (χ2n) is 4.53. The lowest BCUT2D eigenvalue weighted by molar-refractivity contribution is -0.120. The molecule has 1 rings (SSSR count). The number of hydrogen-bond acceptors (Lipinski definition) is 3.